The maximum atomic E-state index is 14.9. The van der Waals surface area contributed by atoms with E-state index in [0.717, 1.165) is 16.5 Å². The highest BCUT2D eigenvalue weighted by Gasteiger charge is 2.40. The molecule has 0 saturated carbocycles. The molecule has 1 aliphatic heterocycles. The summed E-state index contributed by atoms with van der Waals surface area (Å²) in [4.78, 5) is 29.9. The first-order valence-electron chi connectivity index (χ1n) is 11.6. The van der Waals surface area contributed by atoms with Gasteiger partial charge in [-0.15, -0.1) is 0 Å². The Hall–Kier alpha value is -4.06. The molecule has 0 radical (unpaired) electrons. The average molecular weight is 468 g/mol. The number of hydrogen-bond acceptors (Lipinski definition) is 3. The molecule has 1 aromatic heterocycles. The molecule has 2 heterocycles. The number of H-pyrrole nitrogens is 1. The van der Waals surface area contributed by atoms with Crippen molar-refractivity contribution in [1.82, 2.24) is 9.99 Å². The Morgan fingerprint density at radius 1 is 0.943 bits per heavy atom. The number of carbonyl (C=O) groups excluding carboxylic acids is 1. The predicted octanol–water partition coefficient (Wildman–Crippen LogP) is 6.06. The zero-order chi connectivity index (χ0) is 24.7. The van der Waals surface area contributed by atoms with Gasteiger partial charge >= 0.3 is 0 Å². The quantitative estimate of drug-likeness (QED) is 0.398. The van der Waals surface area contributed by atoms with E-state index in [2.05, 4.69) is 4.98 Å². The van der Waals surface area contributed by atoms with Gasteiger partial charge in [0.15, 0.2) is 0 Å². The van der Waals surface area contributed by atoms with E-state index in [1.807, 2.05) is 54.6 Å². The summed E-state index contributed by atoms with van der Waals surface area (Å²) in [6.07, 6.45) is 0.226. The van der Waals surface area contributed by atoms with Crippen molar-refractivity contribution >= 4 is 22.5 Å². The van der Waals surface area contributed by atoms with E-state index in [4.69, 9.17) is 5.10 Å². The van der Waals surface area contributed by atoms with Crippen molar-refractivity contribution in [3.63, 3.8) is 0 Å². The number of amides is 1. The number of hydrazone groups is 1. The van der Waals surface area contributed by atoms with Crippen molar-refractivity contribution < 1.29 is 9.18 Å². The third-order valence-corrected chi connectivity index (χ3v) is 6.30. The van der Waals surface area contributed by atoms with Gasteiger partial charge in [-0.25, -0.2) is 9.40 Å². The number of para-hydroxylation sites is 1. The van der Waals surface area contributed by atoms with E-state index in [-0.39, 0.29) is 17.9 Å². The normalized spacial score (nSPS) is 15.9. The van der Waals surface area contributed by atoms with E-state index >= 15 is 0 Å². The van der Waals surface area contributed by atoms with Gasteiger partial charge in [0, 0.05) is 33.9 Å². The fraction of sp³-hybridized carbons (Fsp3) is 0.207. The molecule has 0 unspecified atom stereocenters. The highest BCUT2D eigenvalue weighted by atomic mass is 19.1. The second-order valence-corrected chi connectivity index (χ2v) is 9.80. The molecule has 4 aromatic rings. The summed E-state index contributed by atoms with van der Waals surface area (Å²) in [6.45, 7) is 5.42. The molecule has 6 heteroatoms. The minimum atomic E-state index is -0.736. The van der Waals surface area contributed by atoms with Gasteiger partial charge in [-0.2, -0.15) is 5.10 Å². The predicted molar refractivity (Wildman–Crippen MR) is 137 cm³/mol. The first-order chi connectivity index (χ1) is 16.8. The molecule has 5 rings (SSSR count). The van der Waals surface area contributed by atoms with Crippen molar-refractivity contribution in [2.45, 2.75) is 33.2 Å². The fourth-order valence-corrected chi connectivity index (χ4v) is 4.60. The van der Waals surface area contributed by atoms with Crippen LogP contribution in [0.5, 0.6) is 0 Å². The molecular weight excluding hydrogens is 441 g/mol. The van der Waals surface area contributed by atoms with E-state index in [9.17, 15) is 14.0 Å². The highest BCUT2D eigenvalue weighted by molar-refractivity contribution is 6.13. The van der Waals surface area contributed by atoms with Gasteiger partial charge in [0.2, 0.25) is 5.91 Å². The Balaban J connectivity index is 1.75. The molecule has 3 aromatic carbocycles. The summed E-state index contributed by atoms with van der Waals surface area (Å²) in [5.74, 6) is -0.643. The van der Waals surface area contributed by atoms with Crippen molar-refractivity contribution in [1.29, 1.82) is 0 Å². The number of nitrogens with one attached hydrogen (secondary N) is 1. The maximum Gasteiger partial charge on any atom is 0.258 e. The van der Waals surface area contributed by atoms with Crippen LogP contribution in [0.1, 0.15) is 44.4 Å². The highest BCUT2D eigenvalue weighted by Crippen LogP contribution is 2.39. The Morgan fingerprint density at radius 3 is 2.31 bits per heavy atom. The Kier molecular flexibility index (Phi) is 5.59. The van der Waals surface area contributed by atoms with Crippen LogP contribution >= 0.6 is 0 Å². The average Bonchev–Trinajstić information content (AvgIpc) is 3.27. The summed E-state index contributed by atoms with van der Waals surface area (Å²) >= 11 is 0. The first-order valence-corrected chi connectivity index (χ1v) is 11.6. The largest absolute Gasteiger partial charge is 0.321 e. The van der Waals surface area contributed by atoms with Crippen LogP contribution < -0.4 is 5.56 Å². The first kappa shape index (κ1) is 22.7. The monoisotopic (exact) mass is 467 g/mol. The number of carbonyl (C=O) groups is 1. The molecule has 176 valence electrons. The van der Waals surface area contributed by atoms with Crippen molar-refractivity contribution in [3.8, 4) is 11.1 Å². The lowest BCUT2D eigenvalue weighted by atomic mass is 9.90. The Morgan fingerprint density at radius 2 is 1.60 bits per heavy atom. The standard InChI is InChI=1S/C29H26FN3O2/c1-29(2,3)28(35)33-24(19-13-7-9-15-21(19)30)17-23(32-33)26-25(18-11-5-4-6-12-18)20-14-8-10-16-22(20)31-27(26)34/h4-16,24H,17H2,1-3H3,(H,31,34)/t24-/m0/s1. The Labute approximate surface area is 202 Å². The lowest BCUT2D eigenvalue weighted by Gasteiger charge is -2.28. The minimum absolute atomic E-state index is 0.226. The summed E-state index contributed by atoms with van der Waals surface area (Å²) in [5, 5.41) is 6.92. The van der Waals surface area contributed by atoms with Gasteiger partial charge < -0.3 is 4.98 Å². The van der Waals surface area contributed by atoms with Crippen LogP contribution in [0.15, 0.2) is 88.8 Å². The van der Waals surface area contributed by atoms with Crippen LogP contribution in [0, 0.1) is 11.2 Å². The molecule has 0 spiro atoms. The van der Waals surface area contributed by atoms with Crippen LogP contribution in [-0.2, 0) is 4.79 Å². The maximum absolute atomic E-state index is 14.9. The van der Waals surface area contributed by atoms with Crippen LogP contribution in [-0.4, -0.2) is 21.6 Å². The number of rotatable bonds is 3. The van der Waals surface area contributed by atoms with Gasteiger partial charge in [-0.1, -0.05) is 87.5 Å². The van der Waals surface area contributed by atoms with E-state index in [0.29, 0.717) is 22.4 Å². The second-order valence-electron chi connectivity index (χ2n) is 9.80. The van der Waals surface area contributed by atoms with Crippen LogP contribution in [0.4, 0.5) is 4.39 Å². The number of benzene rings is 3. The van der Waals surface area contributed by atoms with E-state index < -0.39 is 17.3 Å². The fourth-order valence-electron chi connectivity index (χ4n) is 4.60. The van der Waals surface area contributed by atoms with Crippen molar-refractivity contribution in [2.24, 2.45) is 10.5 Å². The number of fused-ring (bicyclic) bond motifs is 1. The summed E-state index contributed by atoms with van der Waals surface area (Å²) in [7, 11) is 0. The number of aromatic amines is 1. The molecule has 35 heavy (non-hydrogen) atoms. The molecular formula is C29H26FN3O2. The van der Waals surface area contributed by atoms with Gasteiger partial charge in [0.1, 0.15) is 5.82 Å². The molecule has 0 saturated heterocycles. The molecule has 0 fully saturated rings. The van der Waals surface area contributed by atoms with Crippen LogP contribution in [0.2, 0.25) is 0 Å². The molecule has 1 N–H and O–H groups in total. The van der Waals surface area contributed by atoms with Crippen molar-refractivity contribution in [2.75, 3.05) is 0 Å². The van der Waals surface area contributed by atoms with Crippen LogP contribution in [0.25, 0.3) is 22.0 Å². The summed E-state index contributed by atoms with van der Waals surface area (Å²) in [5.41, 5.74) is 2.55. The third kappa shape index (κ3) is 4.05. The number of aromatic nitrogens is 1. The SMILES string of the molecule is CC(C)(C)C(=O)N1N=C(c2c(-c3ccccc3)c3ccccc3[nH]c2=O)C[C@H]1c1ccccc1F. The lowest BCUT2D eigenvalue weighted by molar-refractivity contribution is -0.141. The minimum Gasteiger partial charge on any atom is -0.321 e. The number of pyridine rings is 1. The summed E-state index contributed by atoms with van der Waals surface area (Å²) < 4.78 is 14.9. The molecule has 1 amide bonds. The molecule has 1 atom stereocenters. The zero-order valence-electron chi connectivity index (χ0n) is 19.9. The van der Waals surface area contributed by atoms with E-state index in [1.165, 1.54) is 11.1 Å². The zero-order valence-corrected chi connectivity index (χ0v) is 19.9. The smallest absolute Gasteiger partial charge is 0.258 e. The summed E-state index contributed by atoms with van der Waals surface area (Å²) in [6, 6.07) is 23.0. The third-order valence-electron chi connectivity index (χ3n) is 6.30. The lowest BCUT2D eigenvalue weighted by Crippen LogP contribution is -2.36. The molecule has 5 nitrogen and oxygen atoms in total. The molecule has 0 bridgehead atoms. The topological polar surface area (TPSA) is 65.5 Å². The number of nitrogens with zero attached hydrogens (tertiary/aromatic N) is 2. The second kappa shape index (κ2) is 8.62. The van der Waals surface area contributed by atoms with E-state index in [1.54, 1.807) is 39.0 Å². The van der Waals surface area contributed by atoms with Crippen LogP contribution in [0.3, 0.4) is 0 Å². The Bertz CT molecular complexity index is 1520. The number of hydrogen-bond donors (Lipinski definition) is 1. The molecule has 1 aliphatic rings. The van der Waals surface area contributed by atoms with Gasteiger partial charge in [-0.3, -0.25) is 9.59 Å². The van der Waals surface area contributed by atoms with Crippen molar-refractivity contribution in [3.05, 3.63) is 106 Å². The number of halogens is 1. The van der Waals surface area contributed by atoms with Gasteiger partial charge in [-0.05, 0) is 17.7 Å². The molecule has 0 aliphatic carbocycles. The van der Waals surface area contributed by atoms with Gasteiger partial charge in [0.25, 0.3) is 5.56 Å². The van der Waals surface area contributed by atoms with Gasteiger partial charge in [0.05, 0.1) is 17.3 Å².